The van der Waals surface area contributed by atoms with E-state index in [0.717, 1.165) is 10.2 Å². The van der Waals surface area contributed by atoms with E-state index in [1.807, 2.05) is 0 Å². The first-order valence-corrected chi connectivity index (χ1v) is 6.54. The Labute approximate surface area is 118 Å². The van der Waals surface area contributed by atoms with Crippen LogP contribution in [0.3, 0.4) is 0 Å². The Hall–Kier alpha value is -1.33. The van der Waals surface area contributed by atoms with E-state index in [4.69, 9.17) is 11.6 Å². The zero-order chi connectivity index (χ0) is 13.0. The first kappa shape index (κ1) is 13.1. The number of nitrogens with zero attached hydrogens (tertiary/aromatic N) is 1. The molecule has 0 aliphatic heterocycles. The maximum Gasteiger partial charge on any atom is 0.251 e. The van der Waals surface area contributed by atoms with Crippen LogP contribution in [0.5, 0.6) is 0 Å². The number of halogens is 2. The highest BCUT2D eigenvalue weighted by Crippen LogP contribution is 2.19. The second-order valence-electron chi connectivity index (χ2n) is 3.74. The lowest BCUT2D eigenvalue weighted by Gasteiger charge is -2.05. The smallest absolute Gasteiger partial charge is 0.251 e. The van der Waals surface area contributed by atoms with Crippen LogP contribution in [0.25, 0.3) is 0 Å². The van der Waals surface area contributed by atoms with Crippen molar-refractivity contribution < 1.29 is 4.79 Å². The zero-order valence-corrected chi connectivity index (χ0v) is 11.8. The molecule has 6 heteroatoms. The minimum Gasteiger partial charge on any atom is -0.352 e. The minimum absolute atomic E-state index is 0.141. The summed E-state index contributed by atoms with van der Waals surface area (Å²) in [4.78, 5) is 18.7. The lowest BCUT2D eigenvalue weighted by atomic mass is 10.2. The van der Waals surface area contributed by atoms with Gasteiger partial charge in [0.1, 0.15) is 0 Å². The predicted octanol–water partition coefficient (Wildman–Crippen LogP) is 2.80. The van der Waals surface area contributed by atoms with E-state index in [1.54, 1.807) is 30.7 Å². The largest absolute Gasteiger partial charge is 0.352 e. The summed E-state index contributed by atoms with van der Waals surface area (Å²) >= 11 is 9.19. The molecular weight excluding hydrogens is 318 g/mol. The van der Waals surface area contributed by atoms with Crippen LogP contribution < -0.4 is 5.32 Å². The van der Waals surface area contributed by atoms with Gasteiger partial charge in [-0.1, -0.05) is 27.5 Å². The third-order valence-electron chi connectivity index (χ3n) is 2.36. The molecule has 0 fully saturated rings. The first-order chi connectivity index (χ1) is 8.65. The first-order valence-electron chi connectivity index (χ1n) is 5.36. The zero-order valence-electron chi connectivity index (χ0n) is 9.41. The molecule has 0 unspecified atom stereocenters. The average molecular weight is 329 g/mol. The molecule has 0 aliphatic carbocycles. The Bertz CT molecular complexity index is 522. The molecular formula is C12H11BrClN3O. The van der Waals surface area contributed by atoms with Gasteiger partial charge in [0.25, 0.3) is 5.91 Å². The SMILES string of the molecule is O=C(NCCc1cnc[nH]1)c1cc(Cl)cc(Br)c1. The number of H-pyrrole nitrogens is 1. The van der Waals surface area contributed by atoms with Crippen LogP contribution in [-0.2, 0) is 6.42 Å². The Morgan fingerprint density at radius 1 is 1.44 bits per heavy atom. The van der Waals surface area contributed by atoms with Crippen molar-refractivity contribution in [2.45, 2.75) is 6.42 Å². The van der Waals surface area contributed by atoms with E-state index in [-0.39, 0.29) is 5.91 Å². The number of benzene rings is 1. The van der Waals surface area contributed by atoms with Crippen molar-refractivity contribution in [2.24, 2.45) is 0 Å². The van der Waals surface area contributed by atoms with Crippen LogP contribution in [0.1, 0.15) is 16.1 Å². The molecule has 0 saturated carbocycles. The van der Waals surface area contributed by atoms with Crippen LogP contribution in [0.4, 0.5) is 0 Å². The number of aromatic amines is 1. The highest BCUT2D eigenvalue weighted by molar-refractivity contribution is 9.10. The molecule has 2 rings (SSSR count). The van der Waals surface area contributed by atoms with Gasteiger partial charge < -0.3 is 10.3 Å². The number of amides is 1. The fourth-order valence-corrected chi connectivity index (χ4v) is 2.38. The minimum atomic E-state index is -0.141. The second-order valence-corrected chi connectivity index (χ2v) is 5.09. The number of hydrogen-bond donors (Lipinski definition) is 2. The number of carbonyl (C=O) groups is 1. The molecule has 18 heavy (non-hydrogen) atoms. The number of carbonyl (C=O) groups excluding carboxylic acids is 1. The van der Waals surface area contributed by atoms with Gasteiger partial charge in [-0.3, -0.25) is 4.79 Å². The summed E-state index contributed by atoms with van der Waals surface area (Å²) in [6.45, 7) is 0.547. The number of aromatic nitrogens is 2. The molecule has 0 bridgehead atoms. The third kappa shape index (κ3) is 3.58. The second kappa shape index (κ2) is 6.02. The number of hydrogen-bond acceptors (Lipinski definition) is 2. The summed E-state index contributed by atoms with van der Waals surface area (Å²) < 4.78 is 0.786. The van der Waals surface area contributed by atoms with Crippen LogP contribution in [0.2, 0.25) is 5.02 Å². The van der Waals surface area contributed by atoms with Gasteiger partial charge >= 0.3 is 0 Å². The van der Waals surface area contributed by atoms with Crippen molar-refractivity contribution in [1.29, 1.82) is 0 Å². The molecule has 1 heterocycles. The Morgan fingerprint density at radius 2 is 2.28 bits per heavy atom. The molecule has 0 radical (unpaired) electrons. The molecule has 2 N–H and O–H groups in total. The van der Waals surface area contributed by atoms with Gasteiger partial charge in [-0.05, 0) is 18.2 Å². The fraction of sp³-hybridized carbons (Fsp3) is 0.167. The summed E-state index contributed by atoms with van der Waals surface area (Å²) in [7, 11) is 0. The normalized spacial score (nSPS) is 10.3. The van der Waals surface area contributed by atoms with Crippen molar-refractivity contribution in [1.82, 2.24) is 15.3 Å². The maximum atomic E-state index is 11.9. The maximum absolute atomic E-state index is 11.9. The van der Waals surface area contributed by atoms with Crippen LogP contribution in [0.15, 0.2) is 35.2 Å². The van der Waals surface area contributed by atoms with E-state index in [9.17, 15) is 4.79 Å². The molecule has 0 saturated heterocycles. The molecule has 94 valence electrons. The molecule has 2 aromatic rings. The average Bonchev–Trinajstić information content (AvgIpc) is 2.80. The van der Waals surface area contributed by atoms with Crippen molar-refractivity contribution >= 4 is 33.4 Å². The molecule has 1 amide bonds. The molecule has 1 aromatic heterocycles. The topological polar surface area (TPSA) is 57.8 Å². The van der Waals surface area contributed by atoms with E-state index in [0.29, 0.717) is 23.6 Å². The molecule has 0 atom stereocenters. The van der Waals surface area contributed by atoms with E-state index in [2.05, 4.69) is 31.2 Å². The lowest BCUT2D eigenvalue weighted by molar-refractivity contribution is 0.0954. The van der Waals surface area contributed by atoms with Gasteiger partial charge in [-0.15, -0.1) is 0 Å². The van der Waals surface area contributed by atoms with Gasteiger partial charge in [-0.2, -0.15) is 0 Å². The highest BCUT2D eigenvalue weighted by Gasteiger charge is 2.07. The number of nitrogens with one attached hydrogen (secondary N) is 2. The van der Waals surface area contributed by atoms with Crippen molar-refractivity contribution in [3.63, 3.8) is 0 Å². The number of imidazole rings is 1. The van der Waals surface area contributed by atoms with Gasteiger partial charge in [-0.25, -0.2) is 4.98 Å². The Kier molecular flexibility index (Phi) is 4.38. The molecule has 4 nitrogen and oxygen atoms in total. The Balaban J connectivity index is 1.91. The van der Waals surface area contributed by atoms with Gasteiger partial charge in [0.15, 0.2) is 0 Å². The van der Waals surface area contributed by atoms with E-state index in [1.165, 1.54) is 0 Å². The van der Waals surface area contributed by atoms with E-state index < -0.39 is 0 Å². The van der Waals surface area contributed by atoms with Crippen molar-refractivity contribution in [3.05, 3.63) is 51.5 Å². The summed E-state index contributed by atoms with van der Waals surface area (Å²) in [5.41, 5.74) is 1.53. The van der Waals surface area contributed by atoms with Gasteiger partial charge in [0.2, 0.25) is 0 Å². The predicted molar refractivity (Wildman–Crippen MR) is 73.8 cm³/mol. The van der Waals surface area contributed by atoms with Crippen molar-refractivity contribution in [3.8, 4) is 0 Å². The van der Waals surface area contributed by atoms with Gasteiger partial charge in [0.05, 0.1) is 6.33 Å². The summed E-state index contributed by atoms with van der Waals surface area (Å²) in [6.07, 6.45) is 4.07. The van der Waals surface area contributed by atoms with Crippen LogP contribution >= 0.6 is 27.5 Å². The van der Waals surface area contributed by atoms with Crippen molar-refractivity contribution in [2.75, 3.05) is 6.54 Å². The van der Waals surface area contributed by atoms with Crippen LogP contribution in [-0.4, -0.2) is 22.4 Å². The third-order valence-corrected chi connectivity index (χ3v) is 3.04. The van der Waals surface area contributed by atoms with Gasteiger partial charge in [0, 0.05) is 39.9 Å². The monoisotopic (exact) mass is 327 g/mol. The molecule has 0 aliphatic rings. The molecule has 0 spiro atoms. The Morgan fingerprint density at radius 3 is 2.94 bits per heavy atom. The summed E-state index contributed by atoms with van der Waals surface area (Å²) in [6, 6.07) is 5.11. The standard InChI is InChI=1S/C12H11BrClN3O/c13-9-3-8(4-10(14)5-9)12(18)16-2-1-11-6-15-7-17-11/h3-7H,1-2H2,(H,15,17)(H,16,18). The highest BCUT2D eigenvalue weighted by atomic mass is 79.9. The number of rotatable bonds is 4. The summed E-state index contributed by atoms with van der Waals surface area (Å²) in [5.74, 6) is -0.141. The fourth-order valence-electron chi connectivity index (χ4n) is 1.52. The molecule has 1 aromatic carbocycles. The quantitative estimate of drug-likeness (QED) is 0.906. The summed E-state index contributed by atoms with van der Waals surface area (Å²) in [5, 5.41) is 3.36. The van der Waals surface area contributed by atoms with Crippen LogP contribution in [0, 0.1) is 0 Å². The van der Waals surface area contributed by atoms with E-state index >= 15 is 0 Å². The lowest BCUT2D eigenvalue weighted by Crippen LogP contribution is -2.25.